The van der Waals surface area contributed by atoms with Gasteiger partial charge in [0, 0.05) is 0 Å². The van der Waals surface area contributed by atoms with Crippen molar-refractivity contribution in [3.8, 4) is 0 Å². The minimum Gasteiger partial charge on any atom is -0.415 e. The van der Waals surface area contributed by atoms with Crippen molar-refractivity contribution in [2.45, 2.75) is 45.8 Å². The van der Waals surface area contributed by atoms with Crippen molar-refractivity contribution in [1.29, 1.82) is 0 Å². The zero-order valence-corrected chi connectivity index (χ0v) is 14.1. The van der Waals surface area contributed by atoms with E-state index in [1.54, 1.807) is 0 Å². The fraction of sp³-hybridized carbons (Fsp3) is 0.889. The third kappa shape index (κ3) is 9.14. The molecule has 85 valence electrons. The monoisotopic (exact) mass is 249 g/mol. The summed E-state index contributed by atoms with van der Waals surface area (Å²) in [6.45, 7) is 16.4. The van der Waals surface area contributed by atoms with Crippen molar-refractivity contribution in [2.75, 3.05) is 6.61 Å². The van der Waals surface area contributed by atoms with Gasteiger partial charge in [-0.1, -0.05) is 6.55 Å². The van der Waals surface area contributed by atoms with E-state index in [2.05, 4.69) is 45.8 Å². The topological polar surface area (TPSA) is 18.5 Å². The van der Waals surface area contributed by atoms with E-state index in [4.69, 9.17) is 8.85 Å². The molecule has 0 amide bonds. The Bertz CT molecular complexity index is 160. The van der Waals surface area contributed by atoms with Gasteiger partial charge in [-0.3, -0.25) is 0 Å². The van der Waals surface area contributed by atoms with Crippen LogP contribution in [0.25, 0.3) is 0 Å². The molecule has 1 radical (unpaired) electrons. The van der Waals surface area contributed by atoms with Gasteiger partial charge in [-0.25, -0.2) is 0 Å². The molecule has 0 N–H and O–H groups in total. The second kappa shape index (κ2) is 5.60. The van der Waals surface area contributed by atoms with Crippen LogP contribution in [0.1, 0.15) is 0 Å². The van der Waals surface area contributed by atoms with Crippen LogP contribution in [0.15, 0.2) is 0 Å². The number of rotatable bonds is 6. The summed E-state index contributed by atoms with van der Waals surface area (Å²) in [5, 5.41) is 0. The minimum atomic E-state index is -1.40. The molecule has 0 spiro atoms. The van der Waals surface area contributed by atoms with Crippen LogP contribution in [0.5, 0.6) is 0 Å². The summed E-state index contributed by atoms with van der Waals surface area (Å²) in [4.78, 5) is 0. The molecule has 5 heteroatoms. The molecule has 0 fully saturated rings. The molecular weight excluding hydrogens is 224 g/mol. The average Bonchev–Trinajstić information content (AvgIpc) is 1.94. The van der Waals surface area contributed by atoms with Gasteiger partial charge in [0.1, 0.15) is 0 Å². The highest BCUT2D eigenvalue weighted by atomic mass is 28.4. The van der Waals surface area contributed by atoms with Crippen LogP contribution in [0.2, 0.25) is 45.8 Å². The van der Waals surface area contributed by atoms with Crippen molar-refractivity contribution < 1.29 is 8.85 Å². The molecule has 0 bridgehead atoms. The Morgan fingerprint density at radius 3 is 1.79 bits per heavy atom. The molecule has 0 unspecified atom stereocenters. The van der Waals surface area contributed by atoms with Gasteiger partial charge in [-0.2, -0.15) is 0 Å². The molecule has 14 heavy (non-hydrogen) atoms. The Morgan fingerprint density at radius 2 is 1.50 bits per heavy atom. The standard InChI is InChI=1S/C9H25O2Si3/c1-12-9(11-14(5,6)7)8-10-13(2,3)4/h8,12H2,1-7H3. The molecule has 0 rings (SSSR count). The first-order chi connectivity index (χ1) is 6.14. The molecule has 0 aromatic heterocycles. The smallest absolute Gasteiger partial charge is 0.184 e. The van der Waals surface area contributed by atoms with Crippen LogP contribution in [-0.2, 0) is 8.85 Å². The fourth-order valence-corrected chi connectivity index (χ4v) is 4.84. The van der Waals surface area contributed by atoms with Crippen molar-refractivity contribution in [3.63, 3.8) is 0 Å². The SMILES string of the molecule is C[SiH2][C](CO[Si](C)(C)C)O[Si](C)(C)C. The zero-order chi connectivity index (χ0) is 11.4. The summed E-state index contributed by atoms with van der Waals surface area (Å²) in [5.74, 6) is 0. The molecule has 0 aromatic rings. The van der Waals surface area contributed by atoms with Gasteiger partial charge in [-0.05, 0) is 39.3 Å². The van der Waals surface area contributed by atoms with Crippen molar-refractivity contribution in [2.24, 2.45) is 0 Å². The van der Waals surface area contributed by atoms with Gasteiger partial charge >= 0.3 is 0 Å². The summed E-state index contributed by atoms with van der Waals surface area (Å²) >= 11 is 0. The molecule has 0 saturated carbocycles. The third-order valence-electron chi connectivity index (χ3n) is 1.51. The molecule has 0 saturated heterocycles. The van der Waals surface area contributed by atoms with Crippen molar-refractivity contribution >= 4 is 26.2 Å². The van der Waals surface area contributed by atoms with Crippen LogP contribution < -0.4 is 0 Å². The lowest BCUT2D eigenvalue weighted by Gasteiger charge is -2.27. The quantitative estimate of drug-likeness (QED) is 0.673. The summed E-state index contributed by atoms with van der Waals surface area (Å²) in [6.07, 6.45) is 0. The van der Waals surface area contributed by atoms with Crippen molar-refractivity contribution in [3.05, 3.63) is 5.73 Å². The average molecular weight is 250 g/mol. The van der Waals surface area contributed by atoms with E-state index in [1.165, 1.54) is 5.73 Å². The van der Waals surface area contributed by atoms with E-state index in [0.29, 0.717) is 0 Å². The molecule has 2 nitrogen and oxygen atoms in total. The third-order valence-corrected chi connectivity index (χ3v) is 4.85. The molecule has 0 aliphatic heterocycles. The highest BCUT2D eigenvalue weighted by Gasteiger charge is 2.23. The Morgan fingerprint density at radius 1 is 1.00 bits per heavy atom. The molecule has 0 aromatic carbocycles. The van der Waals surface area contributed by atoms with E-state index in [9.17, 15) is 0 Å². The maximum atomic E-state index is 6.00. The van der Waals surface area contributed by atoms with Crippen LogP contribution in [0.4, 0.5) is 0 Å². The molecule has 0 atom stereocenters. The first kappa shape index (κ1) is 14.6. The molecule has 0 aliphatic carbocycles. The largest absolute Gasteiger partial charge is 0.415 e. The first-order valence-corrected chi connectivity index (χ1v) is 14.3. The van der Waals surface area contributed by atoms with E-state index in [1.807, 2.05) is 0 Å². The normalized spacial score (nSPS) is 14.6. The van der Waals surface area contributed by atoms with Gasteiger partial charge in [-0.15, -0.1) is 0 Å². The molecule has 0 heterocycles. The predicted molar refractivity (Wildman–Crippen MR) is 71.4 cm³/mol. The van der Waals surface area contributed by atoms with E-state index in [0.717, 1.165) is 6.61 Å². The first-order valence-electron chi connectivity index (χ1n) is 5.32. The Labute approximate surface area is 93.5 Å². The maximum absolute atomic E-state index is 6.00. The van der Waals surface area contributed by atoms with Gasteiger partial charge < -0.3 is 8.85 Å². The zero-order valence-electron chi connectivity index (χ0n) is 10.7. The summed E-state index contributed by atoms with van der Waals surface area (Å²) < 4.78 is 11.9. The highest BCUT2D eigenvalue weighted by molar-refractivity contribution is 6.71. The second-order valence-corrected chi connectivity index (χ2v) is 15.9. The summed E-state index contributed by atoms with van der Waals surface area (Å²) in [5.41, 5.74) is 1.26. The lowest BCUT2D eigenvalue weighted by atomic mass is 10.8. The Kier molecular flexibility index (Phi) is 5.83. The predicted octanol–water partition coefficient (Wildman–Crippen LogP) is 2.40. The summed E-state index contributed by atoms with van der Waals surface area (Å²) in [7, 11) is -2.97. The number of hydrogen-bond donors (Lipinski definition) is 0. The lowest BCUT2D eigenvalue weighted by molar-refractivity contribution is 0.244. The second-order valence-electron chi connectivity index (χ2n) is 5.51. The van der Waals surface area contributed by atoms with Gasteiger partial charge in [0.2, 0.25) is 0 Å². The van der Waals surface area contributed by atoms with Crippen molar-refractivity contribution in [1.82, 2.24) is 0 Å². The minimum absolute atomic E-state index is 0.194. The molecule has 0 aliphatic rings. The molecular formula is C9H25O2Si3. The van der Waals surface area contributed by atoms with E-state index < -0.39 is 16.6 Å². The fourth-order valence-electron chi connectivity index (χ4n) is 0.934. The summed E-state index contributed by atoms with van der Waals surface area (Å²) in [6, 6.07) is 0. The highest BCUT2D eigenvalue weighted by Crippen LogP contribution is 2.14. The maximum Gasteiger partial charge on any atom is 0.184 e. The van der Waals surface area contributed by atoms with Crippen LogP contribution >= 0.6 is 0 Å². The van der Waals surface area contributed by atoms with E-state index >= 15 is 0 Å². The lowest BCUT2D eigenvalue weighted by Crippen LogP contribution is -2.35. The number of hydrogen-bond acceptors (Lipinski definition) is 2. The Balaban J connectivity index is 3.93. The van der Waals surface area contributed by atoms with Crippen LogP contribution in [0.3, 0.4) is 0 Å². The van der Waals surface area contributed by atoms with Gasteiger partial charge in [0.05, 0.1) is 21.9 Å². The van der Waals surface area contributed by atoms with E-state index in [-0.39, 0.29) is 9.52 Å². The van der Waals surface area contributed by atoms with Crippen LogP contribution in [0, 0.1) is 5.73 Å². The van der Waals surface area contributed by atoms with Gasteiger partial charge in [0.15, 0.2) is 16.6 Å². The van der Waals surface area contributed by atoms with Crippen LogP contribution in [-0.4, -0.2) is 32.8 Å². The van der Waals surface area contributed by atoms with Gasteiger partial charge in [0.25, 0.3) is 0 Å². The Hall–Kier alpha value is 0.571.